The van der Waals surface area contributed by atoms with Gasteiger partial charge in [-0.1, -0.05) is 18.2 Å². The van der Waals surface area contributed by atoms with E-state index in [1.54, 1.807) is 24.0 Å². The molecule has 1 aromatic carbocycles. The minimum atomic E-state index is -0.0367. The molecule has 2 aromatic heterocycles. The Labute approximate surface area is 145 Å². The molecule has 0 spiro atoms. The molecule has 25 heavy (non-hydrogen) atoms. The first-order chi connectivity index (χ1) is 12.2. The van der Waals surface area contributed by atoms with Crippen LogP contribution >= 0.6 is 0 Å². The number of rotatable bonds is 4. The zero-order chi connectivity index (χ0) is 17.2. The number of fused-ring (bicyclic) bond motifs is 1. The third-order valence-electron chi connectivity index (χ3n) is 4.86. The topological polar surface area (TPSA) is 78.8 Å². The number of piperidine rings is 1. The fourth-order valence-corrected chi connectivity index (χ4v) is 3.47. The van der Waals surface area contributed by atoms with Crippen LogP contribution in [0.5, 0.6) is 0 Å². The molecule has 3 heterocycles. The summed E-state index contributed by atoms with van der Waals surface area (Å²) in [5.74, 6) is 0.548. The van der Waals surface area contributed by atoms with Gasteiger partial charge in [-0.05, 0) is 18.4 Å². The lowest BCUT2D eigenvalue weighted by Crippen LogP contribution is -2.47. The summed E-state index contributed by atoms with van der Waals surface area (Å²) in [6.45, 7) is 2.45. The van der Waals surface area contributed by atoms with Crippen molar-refractivity contribution >= 4 is 16.7 Å². The van der Waals surface area contributed by atoms with E-state index in [0.717, 1.165) is 43.4 Å². The highest BCUT2D eigenvalue weighted by Crippen LogP contribution is 2.18. The third kappa shape index (κ3) is 3.15. The Kier molecular flexibility index (Phi) is 4.23. The Morgan fingerprint density at radius 1 is 1.40 bits per heavy atom. The summed E-state index contributed by atoms with van der Waals surface area (Å²) >= 11 is 0. The second kappa shape index (κ2) is 6.68. The third-order valence-corrected chi connectivity index (χ3v) is 4.86. The number of nitrogens with zero attached hydrogens (tertiary/aromatic N) is 4. The zero-order valence-corrected chi connectivity index (χ0v) is 14.3. The summed E-state index contributed by atoms with van der Waals surface area (Å²) < 4.78 is 1.58. The smallest absolute Gasteiger partial charge is 0.293 e. The fourth-order valence-electron chi connectivity index (χ4n) is 3.47. The monoisotopic (exact) mass is 338 g/mol. The molecular formula is C18H22N6O. The number of benzene rings is 1. The number of aryl methyl sites for hydroxylation is 1. The highest BCUT2D eigenvalue weighted by atomic mass is 16.1. The van der Waals surface area contributed by atoms with Crippen LogP contribution in [0, 0.1) is 0 Å². The molecule has 1 aliphatic heterocycles. The van der Waals surface area contributed by atoms with Gasteiger partial charge in [0.05, 0.1) is 11.7 Å². The quantitative estimate of drug-likeness (QED) is 0.752. The molecule has 7 nitrogen and oxygen atoms in total. The molecule has 1 fully saturated rings. The predicted molar refractivity (Wildman–Crippen MR) is 97.6 cm³/mol. The lowest BCUT2D eigenvalue weighted by Gasteiger charge is -2.33. The highest BCUT2D eigenvalue weighted by molar-refractivity contribution is 5.81. The molecule has 2 N–H and O–H groups in total. The zero-order valence-electron chi connectivity index (χ0n) is 14.3. The van der Waals surface area contributed by atoms with Crippen molar-refractivity contribution in [3.8, 4) is 0 Å². The van der Waals surface area contributed by atoms with Gasteiger partial charge in [-0.3, -0.25) is 9.89 Å². The van der Waals surface area contributed by atoms with Crippen molar-refractivity contribution in [3.63, 3.8) is 0 Å². The predicted octanol–water partition coefficient (Wildman–Crippen LogP) is 1.42. The van der Waals surface area contributed by atoms with Gasteiger partial charge in [0.15, 0.2) is 5.82 Å². The summed E-state index contributed by atoms with van der Waals surface area (Å²) in [7, 11) is 1.76. The fraction of sp³-hybridized carbons (Fsp3) is 0.389. The second-order valence-corrected chi connectivity index (χ2v) is 6.58. The maximum atomic E-state index is 12.3. The Morgan fingerprint density at radius 2 is 2.32 bits per heavy atom. The van der Waals surface area contributed by atoms with Crippen molar-refractivity contribution in [2.45, 2.75) is 25.4 Å². The molecule has 0 radical (unpaired) electrons. The second-order valence-electron chi connectivity index (χ2n) is 6.58. The van der Waals surface area contributed by atoms with Crippen LogP contribution in [0.15, 0.2) is 41.6 Å². The van der Waals surface area contributed by atoms with Crippen LogP contribution in [-0.2, 0) is 13.6 Å². The summed E-state index contributed by atoms with van der Waals surface area (Å²) in [6.07, 6.45) is 7.37. The molecule has 0 aliphatic carbocycles. The van der Waals surface area contributed by atoms with E-state index in [0.29, 0.717) is 11.9 Å². The Morgan fingerprint density at radius 3 is 3.24 bits per heavy atom. The van der Waals surface area contributed by atoms with E-state index in [9.17, 15) is 4.79 Å². The maximum Gasteiger partial charge on any atom is 0.293 e. The van der Waals surface area contributed by atoms with Gasteiger partial charge in [-0.25, -0.2) is 4.98 Å². The van der Waals surface area contributed by atoms with Gasteiger partial charge in [0.2, 0.25) is 0 Å². The molecule has 0 amide bonds. The van der Waals surface area contributed by atoms with Gasteiger partial charge < -0.3 is 14.8 Å². The van der Waals surface area contributed by atoms with Gasteiger partial charge in [0.25, 0.3) is 5.56 Å². The number of aromatic amines is 1. The minimum absolute atomic E-state index is 0.0367. The Bertz CT molecular complexity index is 930. The summed E-state index contributed by atoms with van der Waals surface area (Å²) in [4.78, 5) is 18.7. The van der Waals surface area contributed by atoms with Crippen molar-refractivity contribution in [1.82, 2.24) is 25.1 Å². The van der Waals surface area contributed by atoms with Crippen LogP contribution < -0.4 is 15.8 Å². The van der Waals surface area contributed by atoms with Crippen LogP contribution in [0.1, 0.15) is 18.4 Å². The van der Waals surface area contributed by atoms with Crippen molar-refractivity contribution in [3.05, 3.63) is 52.7 Å². The van der Waals surface area contributed by atoms with Gasteiger partial charge in [0, 0.05) is 50.5 Å². The van der Waals surface area contributed by atoms with Gasteiger partial charge in [-0.15, -0.1) is 0 Å². The van der Waals surface area contributed by atoms with Crippen molar-refractivity contribution in [2.24, 2.45) is 7.05 Å². The number of H-pyrrole nitrogens is 1. The van der Waals surface area contributed by atoms with Crippen LogP contribution in [0.2, 0.25) is 0 Å². The Hall–Kier alpha value is -2.67. The van der Waals surface area contributed by atoms with E-state index in [1.165, 1.54) is 5.56 Å². The van der Waals surface area contributed by atoms with E-state index in [-0.39, 0.29) is 5.56 Å². The van der Waals surface area contributed by atoms with Gasteiger partial charge in [-0.2, -0.15) is 5.10 Å². The molecule has 0 saturated carbocycles. The molecule has 1 saturated heterocycles. The lowest BCUT2D eigenvalue weighted by atomic mass is 10.0. The van der Waals surface area contributed by atoms with Crippen molar-refractivity contribution in [2.75, 3.05) is 18.0 Å². The van der Waals surface area contributed by atoms with Gasteiger partial charge in [0.1, 0.15) is 0 Å². The summed E-state index contributed by atoms with van der Waals surface area (Å²) in [5.41, 5.74) is 2.26. The average molecular weight is 338 g/mol. The number of aromatic nitrogens is 4. The van der Waals surface area contributed by atoms with E-state index < -0.39 is 0 Å². The van der Waals surface area contributed by atoms with Crippen molar-refractivity contribution in [1.29, 1.82) is 0 Å². The number of hydrogen-bond donors (Lipinski definition) is 2. The molecular weight excluding hydrogens is 316 g/mol. The molecule has 130 valence electrons. The van der Waals surface area contributed by atoms with Crippen LogP contribution in [0.4, 0.5) is 5.82 Å². The molecule has 0 bridgehead atoms. The minimum Gasteiger partial charge on any atom is -0.350 e. The lowest BCUT2D eigenvalue weighted by molar-refractivity contribution is 0.419. The maximum absolute atomic E-state index is 12.3. The molecule has 3 aromatic rings. The van der Waals surface area contributed by atoms with E-state index >= 15 is 0 Å². The molecule has 1 atom stereocenters. The first kappa shape index (κ1) is 15.8. The SMILES string of the molecule is Cn1ccnc(N2CCC[C@H](NCc3cccc4cn[nH]c34)C2)c1=O. The first-order valence-corrected chi connectivity index (χ1v) is 8.63. The standard InChI is InChI=1S/C18H22N6O/c1-23-9-7-19-17(18(23)25)24-8-3-6-15(12-24)20-10-13-4-2-5-14-11-21-22-16(13)14/h2,4-5,7,9,11,15,20H,3,6,8,10,12H2,1H3,(H,21,22)/t15-/m0/s1. The van der Waals surface area contributed by atoms with E-state index in [1.807, 2.05) is 6.20 Å². The largest absolute Gasteiger partial charge is 0.350 e. The molecule has 1 aliphatic rings. The van der Waals surface area contributed by atoms with Gasteiger partial charge >= 0.3 is 0 Å². The molecule has 0 unspecified atom stereocenters. The summed E-state index contributed by atoms with van der Waals surface area (Å²) in [5, 5.41) is 11.9. The first-order valence-electron chi connectivity index (χ1n) is 8.63. The Balaban J connectivity index is 1.46. The van der Waals surface area contributed by atoms with Crippen molar-refractivity contribution < 1.29 is 0 Å². The molecule has 4 rings (SSSR count). The van der Waals surface area contributed by atoms with E-state index in [4.69, 9.17) is 0 Å². The number of anilines is 1. The van der Waals surface area contributed by atoms with Crippen LogP contribution in [-0.4, -0.2) is 38.9 Å². The van der Waals surface area contributed by atoms with E-state index in [2.05, 4.69) is 43.6 Å². The normalized spacial score (nSPS) is 18.0. The summed E-state index contributed by atoms with van der Waals surface area (Å²) in [6, 6.07) is 6.56. The number of para-hydroxylation sites is 1. The van der Waals surface area contributed by atoms with Crippen LogP contribution in [0.25, 0.3) is 10.9 Å². The van der Waals surface area contributed by atoms with Crippen LogP contribution in [0.3, 0.4) is 0 Å². The number of hydrogen-bond acceptors (Lipinski definition) is 5. The number of nitrogens with one attached hydrogen (secondary N) is 2. The highest BCUT2D eigenvalue weighted by Gasteiger charge is 2.22. The molecule has 7 heteroatoms. The average Bonchev–Trinajstić information content (AvgIpc) is 3.12.